The maximum Gasteiger partial charge on any atom is 0.257 e. The average Bonchev–Trinajstić information content (AvgIpc) is 2.46. The Morgan fingerprint density at radius 1 is 1.09 bits per heavy atom. The molecule has 22 heavy (non-hydrogen) atoms. The first-order chi connectivity index (χ1) is 10.3. The van der Waals surface area contributed by atoms with Crippen molar-refractivity contribution in [1.82, 2.24) is 0 Å². The lowest BCUT2D eigenvalue weighted by molar-refractivity contribution is 0.102. The van der Waals surface area contributed by atoms with Gasteiger partial charge in [0.05, 0.1) is 28.4 Å². The van der Waals surface area contributed by atoms with E-state index < -0.39 is 11.7 Å². The molecule has 1 N–H and O–H groups in total. The van der Waals surface area contributed by atoms with Crippen LogP contribution in [0.2, 0.25) is 15.1 Å². The van der Waals surface area contributed by atoms with Crippen molar-refractivity contribution in [2.75, 3.05) is 12.4 Å². The monoisotopic (exact) mass is 361 g/mol. The van der Waals surface area contributed by atoms with Crippen LogP contribution in [-0.2, 0) is 0 Å². The van der Waals surface area contributed by atoms with Crippen LogP contribution in [0.25, 0.3) is 0 Å². The van der Waals surface area contributed by atoms with E-state index >= 15 is 0 Å². The first-order valence-electron chi connectivity index (χ1n) is 6.13. The van der Waals surface area contributed by atoms with E-state index in [0.29, 0.717) is 16.5 Å². The zero-order valence-electron chi connectivity index (χ0n) is 11.6. The summed E-state index contributed by atoms with van der Waals surface area (Å²) in [7, 11) is 1.45. The van der Waals surface area contributed by atoms with Gasteiger partial charge in [-0.2, -0.15) is 0 Å². The normalized spacial score (nSPS) is 10.5. The largest absolute Gasteiger partial charge is 0.495 e. The first kappa shape index (κ1) is 16.9. The van der Waals surface area contributed by atoms with Gasteiger partial charge in [-0.05, 0) is 30.7 Å². The number of rotatable bonds is 3. The second kappa shape index (κ2) is 6.73. The third-order valence-electron chi connectivity index (χ3n) is 2.98. The van der Waals surface area contributed by atoms with Crippen LogP contribution in [0.1, 0.15) is 15.9 Å². The van der Waals surface area contributed by atoms with Gasteiger partial charge in [-0.1, -0.05) is 34.8 Å². The lowest BCUT2D eigenvalue weighted by atomic mass is 10.1. The van der Waals surface area contributed by atoms with Gasteiger partial charge in [0.2, 0.25) is 0 Å². The van der Waals surface area contributed by atoms with Gasteiger partial charge in [-0.3, -0.25) is 4.79 Å². The zero-order valence-corrected chi connectivity index (χ0v) is 13.9. The van der Waals surface area contributed by atoms with Crippen LogP contribution in [0.5, 0.6) is 5.75 Å². The highest BCUT2D eigenvalue weighted by Crippen LogP contribution is 2.32. The Balaban J connectivity index is 2.37. The minimum absolute atomic E-state index is 0.0294. The summed E-state index contributed by atoms with van der Waals surface area (Å²) in [5.41, 5.74) is 1.13. The maximum absolute atomic E-state index is 13.5. The molecule has 0 saturated carbocycles. The van der Waals surface area contributed by atoms with E-state index in [0.717, 1.165) is 11.6 Å². The fraction of sp³-hybridized carbons (Fsp3) is 0.133. The van der Waals surface area contributed by atoms with Gasteiger partial charge in [0.1, 0.15) is 11.6 Å². The van der Waals surface area contributed by atoms with Gasteiger partial charge >= 0.3 is 0 Å². The Morgan fingerprint density at radius 3 is 2.41 bits per heavy atom. The van der Waals surface area contributed by atoms with E-state index in [2.05, 4.69) is 5.32 Å². The van der Waals surface area contributed by atoms with Gasteiger partial charge in [0.15, 0.2) is 0 Å². The molecule has 0 spiro atoms. The molecule has 0 fully saturated rings. The van der Waals surface area contributed by atoms with E-state index in [1.807, 2.05) is 0 Å². The second-order valence-electron chi connectivity index (χ2n) is 4.50. The third kappa shape index (κ3) is 3.46. The highest BCUT2D eigenvalue weighted by atomic mass is 35.5. The second-order valence-corrected chi connectivity index (χ2v) is 5.72. The van der Waals surface area contributed by atoms with Crippen LogP contribution in [0.3, 0.4) is 0 Å². The predicted octanol–water partition coefficient (Wildman–Crippen LogP) is 5.36. The van der Waals surface area contributed by atoms with Crippen LogP contribution in [0, 0.1) is 12.7 Å². The zero-order chi connectivity index (χ0) is 16.4. The van der Waals surface area contributed by atoms with Crippen LogP contribution >= 0.6 is 34.8 Å². The smallest absolute Gasteiger partial charge is 0.257 e. The molecule has 0 unspecified atom stereocenters. The number of methoxy groups -OCH3 is 1. The molecular weight excluding hydrogens is 352 g/mol. The molecule has 0 aliphatic carbocycles. The first-order valence-corrected chi connectivity index (χ1v) is 7.27. The topological polar surface area (TPSA) is 38.3 Å². The Bertz CT molecular complexity index is 750. The molecule has 7 heteroatoms. The summed E-state index contributed by atoms with van der Waals surface area (Å²) >= 11 is 17.5. The number of carbonyl (C=O) groups is 1. The molecule has 0 bridgehead atoms. The molecule has 0 aliphatic heterocycles. The van der Waals surface area contributed by atoms with Crippen LogP contribution in [0.15, 0.2) is 24.3 Å². The van der Waals surface area contributed by atoms with Gasteiger partial charge in [0.25, 0.3) is 5.91 Å². The quantitative estimate of drug-likeness (QED) is 0.747. The number of carbonyl (C=O) groups excluding carboxylic acids is 1. The van der Waals surface area contributed by atoms with Crippen molar-refractivity contribution >= 4 is 46.4 Å². The average molecular weight is 363 g/mol. The molecule has 0 heterocycles. The van der Waals surface area contributed by atoms with E-state index in [1.165, 1.54) is 13.2 Å². The molecule has 2 rings (SSSR count). The number of benzene rings is 2. The third-order valence-corrected chi connectivity index (χ3v) is 3.99. The number of nitrogens with one attached hydrogen (secondary N) is 1. The summed E-state index contributed by atoms with van der Waals surface area (Å²) in [6.45, 7) is 1.78. The van der Waals surface area contributed by atoms with Crippen molar-refractivity contribution < 1.29 is 13.9 Å². The van der Waals surface area contributed by atoms with Crippen LogP contribution in [0.4, 0.5) is 10.1 Å². The van der Waals surface area contributed by atoms with E-state index in [-0.39, 0.29) is 15.6 Å². The molecule has 3 nitrogen and oxygen atoms in total. The number of aryl methyl sites for hydroxylation is 1. The predicted molar refractivity (Wildman–Crippen MR) is 87.1 cm³/mol. The van der Waals surface area contributed by atoms with Gasteiger partial charge in [-0.15, -0.1) is 0 Å². The number of hydrogen-bond acceptors (Lipinski definition) is 2. The van der Waals surface area contributed by atoms with Crippen LogP contribution in [-0.4, -0.2) is 13.0 Å². The molecule has 0 aliphatic rings. The molecule has 116 valence electrons. The van der Waals surface area contributed by atoms with Crippen molar-refractivity contribution in [3.05, 3.63) is 56.3 Å². The molecule has 2 aromatic carbocycles. The molecule has 2 aromatic rings. The van der Waals surface area contributed by atoms with Gasteiger partial charge in [-0.25, -0.2) is 4.39 Å². The Kier molecular flexibility index (Phi) is 5.16. The van der Waals surface area contributed by atoms with Gasteiger partial charge < -0.3 is 10.1 Å². The van der Waals surface area contributed by atoms with Gasteiger partial charge in [0, 0.05) is 11.1 Å². The summed E-state index contributed by atoms with van der Waals surface area (Å²) in [4.78, 5) is 12.3. The molecular formula is C15H11Cl3FNO2. The standard InChI is InChI=1S/C15H11Cl3FNO2/c1-7-3-13(14(22-2)6-9(7)16)20-15(21)8-4-12(19)11(18)5-10(8)17/h3-6H,1-2H3,(H,20,21). The fourth-order valence-corrected chi connectivity index (χ4v) is 2.44. The number of anilines is 1. The van der Waals surface area contributed by atoms with Crippen molar-refractivity contribution in [3.8, 4) is 5.75 Å². The summed E-state index contributed by atoms with van der Waals surface area (Å²) in [5.74, 6) is -0.925. The molecule has 0 aromatic heterocycles. The van der Waals surface area contributed by atoms with Crippen LogP contribution < -0.4 is 10.1 Å². The Morgan fingerprint density at radius 2 is 1.77 bits per heavy atom. The minimum Gasteiger partial charge on any atom is -0.495 e. The summed E-state index contributed by atoms with van der Waals surface area (Å²) in [6.07, 6.45) is 0. The molecule has 1 amide bonds. The summed E-state index contributed by atoms with van der Waals surface area (Å²) in [5, 5.41) is 3.02. The molecule has 0 radical (unpaired) electrons. The van der Waals surface area contributed by atoms with E-state index in [9.17, 15) is 9.18 Å². The number of amides is 1. The van der Waals surface area contributed by atoms with Crippen molar-refractivity contribution in [1.29, 1.82) is 0 Å². The summed E-state index contributed by atoms with van der Waals surface area (Å²) in [6, 6.07) is 5.39. The maximum atomic E-state index is 13.5. The van der Waals surface area contributed by atoms with Crippen molar-refractivity contribution in [2.24, 2.45) is 0 Å². The van der Waals surface area contributed by atoms with Crippen molar-refractivity contribution in [2.45, 2.75) is 6.92 Å². The molecule has 0 atom stereocenters. The minimum atomic E-state index is -0.726. The SMILES string of the molecule is COc1cc(Cl)c(C)cc1NC(=O)c1cc(F)c(Cl)cc1Cl. The fourth-order valence-electron chi connectivity index (χ4n) is 1.82. The number of ether oxygens (including phenoxy) is 1. The van der Waals surface area contributed by atoms with E-state index in [1.54, 1.807) is 19.1 Å². The lowest BCUT2D eigenvalue weighted by Gasteiger charge is -2.13. The summed E-state index contributed by atoms with van der Waals surface area (Å²) < 4.78 is 18.7. The number of hydrogen-bond donors (Lipinski definition) is 1. The highest BCUT2D eigenvalue weighted by molar-refractivity contribution is 6.37. The lowest BCUT2D eigenvalue weighted by Crippen LogP contribution is -2.14. The van der Waals surface area contributed by atoms with Crippen molar-refractivity contribution in [3.63, 3.8) is 0 Å². The molecule has 0 saturated heterocycles. The Hall–Kier alpha value is -1.49. The highest BCUT2D eigenvalue weighted by Gasteiger charge is 2.16. The Labute approximate surface area is 141 Å². The van der Waals surface area contributed by atoms with E-state index in [4.69, 9.17) is 39.5 Å². The number of halogens is 4.